The maximum atomic E-state index is 2.50. The first-order valence-corrected chi connectivity index (χ1v) is 21.2. The van der Waals surface area contributed by atoms with E-state index in [1.165, 1.54) is 88.2 Å². The van der Waals surface area contributed by atoms with Crippen LogP contribution in [0.2, 0.25) is 0 Å². The van der Waals surface area contributed by atoms with Crippen LogP contribution in [0.3, 0.4) is 0 Å². The molecule has 0 unspecified atom stereocenters. The molecule has 284 valence electrons. The van der Waals surface area contributed by atoms with Crippen LogP contribution >= 0.6 is 0 Å². The largest absolute Gasteiger partial charge is 0.311 e. The van der Waals surface area contributed by atoms with E-state index in [-0.39, 0.29) is 0 Å². The van der Waals surface area contributed by atoms with Crippen molar-refractivity contribution in [1.29, 1.82) is 0 Å². The van der Waals surface area contributed by atoms with E-state index in [4.69, 9.17) is 0 Å². The molecule has 0 fully saturated rings. The van der Waals surface area contributed by atoms with Crippen LogP contribution in [0.5, 0.6) is 0 Å². The van der Waals surface area contributed by atoms with E-state index in [2.05, 4.69) is 240 Å². The first kappa shape index (κ1) is 34.0. The van der Waals surface area contributed by atoms with E-state index in [1.807, 2.05) is 0 Å². The van der Waals surface area contributed by atoms with Crippen LogP contribution in [0, 0.1) is 0 Å². The quantitative estimate of drug-likeness (QED) is 0.163. The van der Waals surface area contributed by atoms with E-state index >= 15 is 0 Å². The molecule has 0 atom stereocenters. The number of anilines is 3. The monoisotopic (exact) mass is 774 g/mol. The lowest BCUT2D eigenvalue weighted by molar-refractivity contribution is 0.783. The average Bonchev–Trinajstić information content (AvgIpc) is 3.83. The highest BCUT2D eigenvalue weighted by Gasteiger charge is 2.50. The van der Waals surface area contributed by atoms with Gasteiger partial charge in [0.15, 0.2) is 0 Å². The number of nitrogens with zero attached hydrogens (tertiary/aromatic N) is 2. The summed E-state index contributed by atoms with van der Waals surface area (Å²) in [5.41, 5.74) is 19.4. The Morgan fingerprint density at radius 1 is 0.311 bits per heavy atom. The summed E-state index contributed by atoms with van der Waals surface area (Å²) in [6.45, 7) is 0. The first-order valence-electron chi connectivity index (χ1n) is 21.2. The molecule has 13 rings (SSSR count). The van der Waals surface area contributed by atoms with Crippen LogP contribution in [-0.2, 0) is 5.41 Å². The molecular formula is C59H38N2. The van der Waals surface area contributed by atoms with Crippen molar-refractivity contribution in [2.75, 3.05) is 4.90 Å². The molecule has 11 aromatic rings. The normalized spacial score (nSPS) is 13.0. The van der Waals surface area contributed by atoms with Crippen molar-refractivity contribution in [3.8, 4) is 39.1 Å². The summed E-state index contributed by atoms with van der Waals surface area (Å²) in [7, 11) is 0. The zero-order valence-electron chi connectivity index (χ0n) is 33.3. The third-order valence-corrected chi connectivity index (χ3v) is 13.4. The third-order valence-electron chi connectivity index (χ3n) is 13.4. The highest BCUT2D eigenvalue weighted by molar-refractivity contribution is 6.29. The minimum absolute atomic E-state index is 0.469. The summed E-state index contributed by atoms with van der Waals surface area (Å²) in [5, 5.41) is 5.29. The SMILES string of the molecule is c1ccc(-c2ccc(N(c3ccccc3)c3ccc(-c4cc5c6c7c(cccc47)C4(c7ccccc7-c7ccccc74)c4cccc(c46)n5-c4ccccc4)cc3)cc2)cc1. The molecule has 1 heterocycles. The van der Waals surface area contributed by atoms with Crippen molar-refractivity contribution in [2.24, 2.45) is 0 Å². The highest BCUT2D eigenvalue weighted by atomic mass is 15.1. The van der Waals surface area contributed by atoms with Crippen LogP contribution in [0.1, 0.15) is 22.3 Å². The molecule has 1 spiro atoms. The summed E-state index contributed by atoms with van der Waals surface area (Å²) >= 11 is 0. The molecular weight excluding hydrogens is 737 g/mol. The van der Waals surface area contributed by atoms with Gasteiger partial charge in [-0.3, -0.25) is 0 Å². The lowest BCUT2D eigenvalue weighted by atomic mass is 9.63. The van der Waals surface area contributed by atoms with Crippen LogP contribution < -0.4 is 4.90 Å². The Morgan fingerprint density at radius 2 is 0.803 bits per heavy atom. The number of rotatable bonds is 6. The van der Waals surface area contributed by atoms with E-state index in [0.29, 0.717) is 0 Å². The topological polar surface area (TPSA) is 8.17 Å². The van der Waals surface area contributed by atoms with Crippen LogP contribution in [-0.4, -0.2) is 4.57 Å². The van der Waals surface area contributed by atoms with Gasteiger partial charge in [-0.05, 0) is 127 Å². The van der Waals surface area contributed by atoms with Crippen LogP contribution in [0.25, 0.3) is 71.6 Å². The Balaban J connectivity index is 1.06. The van der Waals surface area contributed by atoms with Crippen molar-refractivity contribution in [2.45, 2.75) is 5.41 Å². The van der Waals surface area contributed by atoms with E-state index in [0.717, 1.165) is 22.7 Å². The maximum Gasteiger partial charge on any atom is 0.0726 e. The summed E-state index contributed by atoms with van der Waals surface area (Å²) in [4.78, 5) is 2.35. The van der Waals surface area contributed by atoms with Gasteiger partial charge in [0.1, 0.15) is 0 Å². The number of hydrogen-bond donors (Lipinski definition) is 0. The molecule has 0 radical (unpaired) electrons. The number of benzene rings is 10. The molecule has 2 heteroatoms. The third kappa shape index (κ3) is 4.73. The second-order valence-corrected chi connectivity index (χ2v) is 16.4. The minimum atomic E-state index is -0.469. The van der Waals surface area contributed by atoms with Gasteiger partial charge in [0, 0.05) is 33.5 Å². The number of para-hydroxylation sites is 2. The van der Waals surface area contributed by atoms with Crippen molar-refractivity contribution in [3.63, 3.8) is 0 Å². The first-order chi connectivity index (χ1) is 30.3. The molecule has 1 aromatic heterocycles. The van der Waals surface area contributed by atoms with Crippen LogP contribution in [0.4, 0.5) is 17.1 Å². The fourth-order valence-electron chi connectivity index (χ4n) is 10.9. The van der Waals surface area contributed by atoms with Gasteiger partial charge in [0.25, 0.3) is 0 Å². The van der Waals surface area contributed by atoms with E-state index < -0.39 is 5.41 Å². The summed E-state index contributed by atoms with van der Waals surface area (Å²) in [6, 6.07) is 85.0. The fourth-order valence-corrected chi connectivity index (χ4v) is 10.9. The zero-order valence-corrected chi connectivity index (χ0v) is 33.3. The molecule has 0 amide bonds. The Morgan fingerprint density at radius 3 is 1.46 bits per heavy atom. The van der Waals surface area contributed by atoms with Crippen LogP contribution in [0.15, 0.2) is 231 Å². The molecule has 2 nitrogen and oxygen atoms in total. The molecule has 0 bridgehead atoms. The van der Waals surface area contributed by atoms with Gasteiger partial charge >= 0.3 is 0 Å². The second-order valence-electron chi connectivity index (χ2n) is 16.4. The second kappa shape index (κ2) is 13.0. The van der Waals surface area contributed by atoms with Crippen molar-refractivity contribution in [3.05, 3.63) is 253 Å². The molecule has 0 saturated heterocycles. The number of aromatic nitrogens is 1. The maximum absolute atomic E-state index is 2.50. The molecule has 61 heavy (non-hydrogen) atoms. The lowest BCUT2D eigenvalue weighted by Crippen LogP contribution is -2.30. The van der Waals surface area contributed by atoms with Crippen molar-refractivity contribution in [1.82, 2.24) is 4.57 Å². The predicted molar refractivity (Wildman–Crippen MR) is 255 cm³/mol. The van der Waals surface area contributed by atoms with Gasteiger partial charge in [-0.15, -0.1) is 0 Å². The molecule has 2 aliphatic rings. The Hall–Kier alpha value is -7.94. The van der Waals surface area contributed by atoms with Gasteiger partial charge in [0.2, 0.25) is 0 Å². The Labute approximate surface area is 354 Å². The van der Waals surface area contributed by atoms with Crippen molar-refractivity contribution >= 4 is 49.6 Å². The Kier molecular flexibility index (Phi) is 7.26. The average molecular weight is 775 g/mol. The minimum Gasteiger partial charge on any atom is -0.311 e. The fraction of sp³-hybridized carbons (Fsp3) is 0.0169. The summed E-state index contributed by atoms with van der Waals surface area (Å²) in [5.74, 6) is 0. The molecule has 2 aliphatic carbocycles. The van der Waals surface area contributed by atoms with Gasteiger partial charge in [-0.25, -0.2) is 0 Å². The predicted octanol–water partition coefficient (Wildman–Crippen LogP) is 15.4. The van der Waals surface area contributed by atoms with Gasteiger partial charge < -0.3 is 9.47 Å². The standard InChI is InChI=1S/C59H38N2/c1-4-16-39(17-5-1)40-30-34-44(35-31-40)60(42-18-6-2-7-19-42)45-36-32-41(33-37-45)49-38-55-58-56-48(49)24-14-27-52(56)59(50-25-12-10-22-46(50)47-23-11-13-26-51(47)59)53-28-15-29-54(57(53)58)61(55)43-20-8-3-9-21-43/h1-38H. The molecule has 0 aliphatic heterocycles. The molecule has 10 aromatic carbocycles. The Bertz CT molecular complexity index is 3450. The van der Waals surface area contributed by atoms with Gasteiger partial charge in [-0.2, -0.15) is 0 Å². The van der Waals surface area contributed by atoms with Crippen molar-refractivity contribution < 1.29 is 0 Å². The summed E-state index contributed by atoms with van der Waals surface area (Å²) < 4.78 is 2.50. The van der Waals surface area contributed by atoms with E-state index in [9.17, 15) is 0 Å². The summed E-state index contributed by atoms with van der Waals surface area (Å²) in [6.07, 6.45) is 0. The molecule has 0 N–H and O–H groups in total. The highest BCUT2D eigenvalue weighted by Crippen LogP contribution is 2.62. The van der Waals surface area contributed by atoms with Gasteiger partial charge in [-0.1, -0.05) is 170 Å². The number of hydrogen-bond acceptors (Lipinski definition) is 1. The van der Waals surface area contributed by atoms with Gasteiger partial charge in [0.05, 0.1) is 16.4 Å². The molecule has 0 saturated carbocycles. The smallest absolute Gasteiger partial charge is 0.0726 e. The van der Waals surface area contributed by atoms with E-state index in [1.54, 1.807) is 0 Å². The number of fused-ring (bicyclic) bond motifs is 7. The lowest BCUT2D eigenvalue weighted by Gasteiger charge is -2.38. The zero-order chi connectivity index (χ0) is 40.1.